The van der Waals surface area contributed by atoms with Crippen LogP contribution in [0.5, 0.6) is 0 Å². The molecule has 1 aliphatic carbocycles. The van der Waals surface area contributed by atoms with Crippen LogP contribution < -0.4 is 0 Å². The zero-order valence-electron chi connectivity index (χ0n) is 10.3. The molecule has 1 aliphatic rings. The summed E-state index contributed by atoms with van der Waals surface area (Å²) in [4.78, 5) is 15.2. The molecule has 2 atom stereocenters. The largest absolute Gasteiger partial charge is 0.479 e. The molecule has 0 radical (unpaired) electrons. The van der Waals surface area contributed by atoms with Crippen LogP contribution in [0.3, 0.4) is 0 Å². The molecule has 1 N–H and O–H groups in total. The third kappa shape index (κ3) is 3.83. The van der Waals surface area contributed by atoms with Crippen molar-refractivity contribution in [1.82, 2.24) is 0 Å². The Kier molecular flexibility index (Phi) is 4.77. The van der Waals surface area contributed by atoms with Crippen LogP contribution in [0.25, 0.3) is 0 Å². The van der Waals surface area contributed by atoms with Gasteiger partial charge in [-0.25, -0.2) is 4.79 Å². The topological polar surface area (TPSA) is 58.9 Å². The highest BCUT2D eigenvalue weighted by molar-refractivity contribution is 5.87. The zero-order chi connectivity index (χ0) is 12.1. The minimum Gasteiger partial charge on any atom is -0.479 e. The van der Waals surface area contributed by atoms with Crippen LogP contribution in [-0.4, -0.2) is 23.4 Å². The third-order valence-electron chi connectivity index (χ3n) is 3.13. The Morgan fingerprint density at radius 1 is 1.56 bits per heavy atom. The van der Waals surface area contributed by atoms with Crippen molar-refractivity contribution in [1.29, 1.82) is 0 Å². The fourth-order valence-corrected chi connectivity index (χ4v) is 2.23. The van der Waals surface area contributed by atoms with Crippen molar-refractivity contribution < 1.29 is 14.7 Å². The third-order valence-corrected chi connectivity index (χ3v) is 3.13. The molecule has 0 aliphatic heterocycles. The van der Waals surface area contributed by atoms with Gasteiger partial charge in [0.15, 0.2) is 0 Å². The molecule has 92 valence electrons. The van der Waals surface area contributed by atoms with E-state index in [1.54, 1.807) is 0 Å². The molecule has 1 rings (SSSR count). The normalized spacial score (nSPS) is 28.4. The standard InChI is InChI=1S/C12H21NO3/c1-8(2)10-5-4-9(3)6-11(10)13-16-7-12(14)15/h8-10H,4-7H2,1-3H3,(H,14,15). The first-order chi connectivity index (χ1) is 7.50. The molecule has 2 unspecified atom stereocenters. The van der Waals surface area contributed by atoms with E-state index in [0.29, 0.717) is 17.8 Å². The Labute approximate surface area is 96.7 Å². The Balaban J connectivity index is 2.59. The van der Waals surface area contributed by atoms with E-state index in [-0.39, 0.29) is 6.61 Å². The van der Waals surface area contributed by atoms with Gasteiger partial charge in [-0.05, 0) is 31.1 Å². The van der Waals surface area contributed by atoms with Crippen LogP contribution in [0.4, 0.5) is 0 Å². The number of carbonyl (C=O) groups is 1. The summed E-state index contributed by atoms with van der Waals surface area (Å²) in [6, 6.07) is 0. The minimum absolute atomic E-state index is 0.345. The van der Waals surface area contributed by atoms with Gasteiger partial charge in [0.1, 0.15) is 0 Å². The molecule has 0 bridgehead atoms. The van der Waals surface area contributed by atoms with Crippen LogP contribution in [0.1, 0.15) is 40.0 Å². The van der Waals surface area contributed by atoms with Gasteiger partial charge in [0.25, 0.3) is 0 Å². The van der Waals surface area contributed by atoms with Crippen molar-refractivity contribution in [3.05, 3.63) is 0 Å². The number of carboxylic acids is 1. The summed E-state index contributed by atoms with van der Waals surface area (Å²) < 4.78 is 0. The van der Waals surface area contributed by atoms with Gasteiger partial charge < -0.3 is 9.94 Å². The molecule has 0 saturated heterocycles. The molecule has 1 fully saturated rings. The Morgan fingerprint density at radius 3 is 2.81 bits per heavy atom. The second-order valence-electron chi connectivity index (χ2n) is 4.99. The van der Waals surface area contributed by atoms with E-state index in [1.165, 1.54) is 6.42 Å². The lowest BCUT2D eigenvalue weighted by Gasteiger charge is -2.30. The number of oxime groups is 1. The fraction of sp³-hybridized carbons (Fsp3) is 0.833. The highest BCUT2D eigenvalue weighted by Crippen LogP contribution is 2.31. The maximum Gasteiger partial charge on any atom is 0.344 e. The second-order valence-corrected chi connectivity index (χ2v) is 4.99. The van der Waals surface area contributed by atoms with E-state index in [2.05, 4.69) is 25.9 Å². The van der Waals surface area contributed by atoms with Gasteiger partial charge in [-0.2, -0.15) is 0 Å². The van der Waals surface area contributed by atoms with Crippen molar-refractivity contribution in [2.45, 2.75) is 40.0 Å². The van der Waals surface area contributed by atoms with Gasteiger partial charge >= 0.3 is 5.97 Å². The maximum absolute atomic E-state index is 10.3. The molecule has 1 saturated carbocycles. The first-order valence-corrected chi connectivity index (χ1v) is 5.91. The van der Waals surface area contributed by atoms with Crippen LogP contribution in [0, 0.1) is 17.8 Å². The Bertz CT molecular complexity index is 273. The monoisotopic (exact) mass is 227 g/mol. The first kappa shape index (κ1) is 13.0. The number of rotatable bonds is 4. The molecule has 0 amide bonds. The lowest BCUT2D eigenvalue weighted by Crippen LogP contribution is -2.28. The molecule has 0 aromatic carbocycles. The smallest absolute Gasteiger partial charge is 0.344 e. The lowest BCUT2D eigenvalue weighted by molar-refractivity contribution is -0.142. The second kappa shape index (κ2) is 5.87. The van der Waals surface area contributed by atoms with E-state index >= 15 is 0 Å². The number of hydrogen-bond acceptors (Lipinski definition) is 3. The number of nitrogens with zero attached hydrogens (tertiary/aromatic N) is 1. The van der Waals surface area contributed by atoms with E-state index < -0.39 is 5.97 Å². The van der Waals surface area contributed by atoms with E-state index in [9.17, 15) is 4.79 Å². The van der Waals surface area contributed by atoms with Crippen molar-refractivity contribution in [2.75, 3.05) is 6.61 Å². The van der Waals surface area contributed by atoms with Gasteiger partial charge in [0.05, 0.1) is 5.71 Å². The predicted molar refractivity (Wildman–Crippen MR) is 62.4 cm³/mol. The summed E-state index contributed by atoms with van der Waals surface area (Å²) in [6.07, 6.45) is 3.29. The molecule has 16 heavy (non-hydrogen) atoms. The quantitative estimate of drug-likeness (QED) is 0.751. The van der Waals surface area contributed by atoms with Gasteiger partial charge in [-0.1, -0.05) is 25.9 Å². The van der Waals surface area contributed by atoms with E-state index in [4.69, 9.17) is 9.94 Å². The molecular weight excluding hydrogens is 206 g/mol. The summed E-state index contributed by atoms with van der Waals surface area (Å²) in [6.45, 7) is 6.20. The zero-order valence-corrected chi connectivity index (χ0v) is 10.3. The average molecular weight is 227 g/mol. The molecule has 4 heteroatoms. The molecular formula is C12H21NO3. The van der Waals surface area contributed by atoms with Crippen molar-refractivity contribution >= 4 is 11.7 Å². The summed E-state index contributed by atoms with van der Waals surface area (Å²) >= 11 is 0. The van der Waals surface area contributed by atoms with Gasteiger partial charge in [0.2, 0.25) is 6.61 Å². The molecule has 4 nitrogen and oxygen atoms in total. The molecule has 0 heterocycles. The highest BCUT2D eigenvalue weighted by Gasteiger charge is 2.27. The number of carboxylic acid groups (broad SMARTS) is 1. The van der Waals surface area contributed by atoms with E-state index in [0.717, 1.165) is 18.6 Å². The highest BCUT2D eigenvalue weighted by atomic mass is 16.6. The summed E-state index contributed by atoms with van der Waals surface area (Å²) in [5.41, 5.74) is 1.04. The maximum atomic E-state index is 10.3. The van der Waals surface area contributed by atoms with Gasteiger partial charge in [-0.3, -0.25) is 0 Å². The predicted octanol–water partition coefficient (Wildman–Crippen LogP) is 2.54. The minimum atomic E-state index is -0.977. The Morgan fingerprint density at radius 2 is 2.25 bits per heavy atom. The fourth-order valence-electron chi connectivity index (χ4n) is 2.23. The summed E-state index contributed by atoms with van der Waals surface area (Å²) in [5, 5.41) is 12.5. The van der Waals surface area contributed by atoms with E-state index in [1.807, 2.05) is 0 Å². The number of hydrogen-bond donors (Lipinski definition) is 1. The van der Waals surface area contributed by atoms with Crippen LogP contribution in [-0.2, 0) is 9.63 Å². The van der Waals surface area contributed by atoms with Crippen molar-refractivity contribution in [3.63, 3.8) is 0 Å². The summed E-state index contributed by atoms with van der Waals surface area (Å²) in [7, 11) is 0. The lowest BCUT2D eigenvalue weighted by atomic mass is 9.76. The van der Waals surface area contributed by atoms with Crippen LogP contribution in [0.15, 0.2) is 5.16 Å². The number of aliphatic carboxylic acids is 1. The molecule has 0 aromatic heterocycles. The van der Waals surface area contributed by atoms with Gasteiger partial charge in [0, 0.05) is 5.92 Å². The molecule has 0 spiro atoms. The van der Waals surface area contributed by atoms with Crippen molar-refractivity contribution in [3.8, 4) is 0 Å². The molecule has 0 aromatic rings. The Hall–Kier alpha value is -1.06. The SMILES string of the molecule is CC1CCC(C(C)C)C(=NOCC(=O)O)C1. The van der Waals surface area contributed by atoms with Gasteiger partial charge in [-0.15, -0.1) is 0 Å². The first-order valence-electron chi connectivity index (χ1n) is 5.91. The average Bonchev–Trinajstić information content (AvgIpc) is 2.16. The van der Waals surface area contributed by atoms with Crippen LogP contribution >= 0.6 is 0 Å². The van der Waals surface area contributed by atoms with Crippen LogP contribution in [0.2, 0.25) is 0 Å². The van der Waals surface area contributed by atoms with Crippen molar-refractivity contribution in [2.24, 2.45) is 22.9 Å². The summed E-state index contributed by atoms with van der Waals surface area (Å²) in [5.74, 6) is 0.640.